The second kappa shape index (κ2) is 7.20. The summed E-state index contributed by atoms with van der Waals surface area (Å²) in [5, 5.41) is 5.49. The van der Waals surface area contributed by atoms with E-state index in [4.69, 9.17) is 0 Å². The van der Waals surface area contributed by atoms with E-state index in [0.717, 1.165) is 30.0 Å². The topological polar surface area (TPSA) is 113 Å². The molecule has 0 saturated heterocycles. The third kappa shape index (κ3) is 3.39. The zero-order chi connectivity index (χ0) is 19.9. The average molecular weight is 405 g/mol. The maximum Gasteiger partial charge on any atom is 0.269 e. The fraction of sp³-hybridized carbons (Fsp3) is 0.526. The van der Waals surface area contributed by atoms with Gasteiger partial charge in [0.25, 0.3) is 21.8 Å². The van der Waals surface area contributed by atoms with E-state index in [1.165, 1.54) is 18.2 Å². The van der Waals surface area contributed by atoms with Crippen LogP contribution in [0, 0.1) is 5.92 Å². The minimum atomic E-state index is -3.89. The van der Waals surface area contributed by atoms with Gasteiger partial charge in [0.1, 0.15) is 4.90 Å². The normalized spacial score (nSPS) is 20.9. The first-order chi connectivity index (χ1) is 13.4. The lowest BCUT2D eigenvalue weighted by Crippen LogP contribution is -2.37. The number of carbonyl (C=O) groups excluding carboxylic acids is 3. The molecule has 28 heavy (non-hydrogen) atoms. The Hall–Kier alpha value is -2.42. The molecule has 0 atom stereocenters. The van der Waals surface area contributed by atoms with Crippen LogP contribution in [0.5, 0.6) is 0 Å². The summed E-state index contributed by atoms with van der Waals surface area (Å²) in [4.78, 5) is 36.6. The van der Waals surface area contributed by atoms with Gasteiger partial charge >= 0.3 is 0 Å². The number of rotatable bonds is 6. The van der Waals surface area contributed by atoms with Crippen LogP contribution in [0.3, 0.4) is 0 Å². The van der Waals surface area contributed by atoms with Gasteiger partial charge < -0.3 is 10.6 Å². The molecule has 2 fully saturated rings. The van der Waals surface area contributed by atoms with E-state index in [9.17, 15) is 22.8 Å². The van der Waals surface area contributed by atoms with E-state index < -0.39 is 21.8 Å². The van der Waals surface area contributed by atoms with Gasteiger partial charge in [-0.3, -0.25) is 14.4 Å². The summed E-state index contributed by atoms with van der Waals surface area (Å²) in [7, 11) is -3.89. The second-order valence-electron chi connectivity index (χ2n) is 7.58. The number of nitrogens with one attached hydrogen (secondary N) is 2. The molecular formula is C19H23N3O5S. The maximum absolute atomic E-state index is 12.6. The molecule has 0 unspecified atom stereocenters. The Balaban J connectivity index is 1.36. The molecular weight excluding hydrogens is 382 g/mol. The van der Waals surface area contributed by atoms with Crippen molar-refractivity contribution < 1.29 is 22.8 Å². The molecule has 1 aromatic rings. The third-order valence-electron chi connectivity index (χ3n) is 5.53. The van der Waals surface area contributed by atoms with Gasteiger partial charge in [0.2, 0.25) is 5.91 Å². The molecule has 3 aliphatic rings. The number of hydrogen-bond acceptors (Lipinski definition) is 5. The van der Waals surface area contributed by atoms with Gasteiger partial charge in [-0.2, -0.15) is 0 Å². The van der Waals surface area contributed by atoms with Crippen LogP contribution in [0.15, 0.2) is 23.1 Å². The molecule has 150 valence electrons. The van der Waals surface area contributed by atoms with E-state index in [1.54, 1.807) is 0 Å². The van der Waals surface area contributed by atoms with E-state index >= 15 is 0 Å². The zero-order valence-electron chi connectivity index (χ0n) is 15.4. The van der Waals surface area contributed by atoms with Gasteiger partial charge in [0.05, 0.1) is 5.56 Å². The highest BCUT2D eigenvalue weighted by atomic mass is 32.2. The fourth-order valence-electron chi connectivity index (χ4n) is 3.85. The Bertz CT molecular complexity index is 933. The molecule has 2 aliphatic carbocycles. The molecule has 9 heteroatoms. The minimum absolute atomic E-state index is 0.0223. The van der Waals surface area contributed by atoms with Crippen molar-refractivity contribution in [2.24, 2.45) is 5.92 Å². The van der Waals surface area contributed by atoms with Crippen LogP contribution in [0.25, 0.3) is 0 Å². The lowest BCUT2D eigenvalue weighted by atomic mass is 10.1. The molecule has 1 aromatic carbocycles. The lowest BCUT2D eigenvalue weighted by Gasteiger charge is -2.13. The van der Waals surface area contributed by atoms with Crippen molar-refractivity contribution in [2.45, 2.75) is 49.5 Å². The van der Waals surface area contributed by atoms with Gasteiger partial charge in [-0.15, -0.1) is 0 Å². The van der Waals surface area contributed by atoms with Crippen LogP contribution in [0.2, 0.25) is 0 Å². The average Bonchev–Trinajstić information content (AvgIpc) is 3.28. The molecule has 0 radical (unpaired) electrons. The SMILES string of the molecule is O=C(NCCNC(=O)C1CCCC1)c1ccc2c(c1)S(=O)(=O)N(C1CC1)C2=O. The minimum Gasteiger partial charge on any atom is -0.354 e. The number of benzene rings is 1. The molecule has 2 saturated carbocycles. The quantitative estimate of drug-likeness (QED) is 0.687. The monoisotopic (exact) mass is 405 g/mol. The molecule has 2 N–H and O–H groups in total. The summed E-state index contributed by atoms with van der Waals surface area (Å²) in [6, 6.07) is 3.85. The van der Waals surface area contributed by atoms with Crippen molar-refractivity contribution in [1.29, 1.82) is 0 Å². The molecule has 1 aliphatic heterocycles. The van der Waals surface area contributed by atoms with Gasteiger partial charge in [0.15, 0.2) is 0 Å². The smallest absolute Gasteiger partial charge is 0.269 e. The van der Waals surface area contributed by atoms with Crippen molar-refractivity contribution in [2.75, 3.05) is 13.1 Å². The summed E-state index contributed by atoms with van der Waals surface area (Å²) in [5.41, 5.74) is 0.294. The number of fused-ring (bicyclic) bond motifs is 1. The number of carbonyl (C=O) groups is 3. The number of hydrogen-bond donors (Lipinski definition) is 2. The number of amides is 3. The van der Waals surface area contributed by atoms with Crippen molar-refractivity contribution in [3.8, 4) is 0 Å². The summed E-state index contributed by atoms with van der Waals surface area (Å²) < 4.78 is 26.2. The molecule has 0 aromatic heterocycles. The maximum atomic E-state index is 12.6. The highest BCUT2D eigenvalue weighted by Crippen LogP contribution is 2.39. The number of nitrogens with zero attached hydrogens (tertiary/aromatic N) is 1. The van der Waals surface area contributed by atoms with Gasteiger partial charge in [-0.25, -0.2) is 12.7 Å². The van der Waals surface area contributed by atoms with Crippen LogP contribution in [0.1, 0.15) is 59.2 Å². The molecule has 3 amide bonds. The van der Waals surface area contributed by atoms with Crippen LogP contribution < -0.4 is 10.6 Å². The highest BCUT2D eigenvalue weighted by Gasteiger charge is 2.48. The van der Waals surface area contributed by atoms with Crippen molar-refractivity contribution >= 4 is 27.7 Å². The highest BCUT2D eigenvalue weighted by molar-refractivity contribution is 7.90. The first-order valence-corrected chi connectivity index (χ1v) is 11.1. The molecule has 0 bridgehead atoms. The van der Waals surface area contributed by atoms with E-state index in [-0.39, 0.29) is 40.4 Å². The third-order valence-corrected chi connectivity index (χ3v) is 7.40. The lowest BCUT2D eigenvalue weighted by molar-refractivity contribution is -0.124. The first kappa shape index (κ1) is 18.9. The van der Waals surface area contributed by atoms with Gasteiger partial charge in [-0.1, -0.05) is 12.8 Å². The summed E-state index contributed by atoms with van der Waals surface area (Å²) >= 11 is 0. The van der Waals surface area contributed by atoms with Crippen LogP contribution >= 0.6 is 0 Å². The van der Waals surface area contributed by atoms with Crippen molar-refractivity contribution in [3.05, 3.63) is 29.3 Å². The first-order valence-electron chi connectivity index (χ1n) is 9.68. The van der Waals surface area contributed by atoms with Crippen LogP contribution in [0.4, 0.5) is 0 Å². The molecule has 4 rings (SSSR count). The Morgan fingerprint density at radius 2 is 1.71 bits per heavy atom. The Morgan fingerprint density at radius 3 is 2.39 bits per heavy atom. The summed E-state index contributed by atoms with van der Waals surface area (Å²) in [6.45, 7) is 0.562. The Labute approximate surface area is 163 Å². The van der Waals surface area contributed by atoms with Gasteiger partial charge in [0, 0.05) is 30.6 Å². The predicted molar refractivity (Wildman–Crippen MR) is 100 cm³/mol. The fourth-order valence-corrected chi connectivity index (χ4v) is 5.70. The standard InChI is InChI=1S/C19H23N3O5S/c23-17(12-3-1-2-4-12)20-9-10-21-18(24)13-5-8-15-16(11-13)28(26,27)22(19(15)25)14-6-7-14/h5,8,11-12,14H,1-4,6-7,9-10H2,(H,20,23)(H,21,24). The zero-order valence-corrected chi connectivity index (χ0v) is 16.3. The second-order valence-corrected chi connectivity index (χ2v) is 9.36. The molecule has 0 spiro atoms. The van der Waals surface area contributed by atoms with E-state index in [1.807, 2.05) is 0 Å². The Kier molecular flexibility index (Phi) is 4.86. The number of sulfonamides is 1. The van der Waals surface area contributed by atoms with Crippen LogP contribution in [-0.4, -0.2) is 49.6 Å². The molecule has 1 heterocycles. The summed E-state index contributed by atoms with van der Waals surface area (Å²) in [6.07, 6.45) is 5.35. The van der Waals surface area contributed by atoms with Crippen molar-refractivity contribution in [3.63, 3.8) is 0 Å². The Morgan fingerprint density at radius 1 is 1.04 bits per heavy atom. The van der Waals surface area contributed by atoms with E-state index in [0.29, 0.717) is 19.4 Å². The van der Waals surface area contributed by atoms with Crippen LogP contribution in [-0.2, 0) is 14.8 Å². The van der Waals surface area contributed by atoms with E-state index in [2.05, 4.69) is 10.6 Å². The largest absolute Gasteiger partial charge is 0.354 e. The summed E-state index contributed by atoms with van der Waals surface area (Å²) in [5.74, 6) is -0.858. The van der Waals surface area contributed by atoms with Gasteiger partial charge in [-0.05, 0) is 43.9 Å². The van der Waals surface area contributed by atoms with Crippen molar-refractivity contribution in [1.82, 2.24) is 14.9 Å². The molecule has 8 nitrogen and oxygen atoms in total. The predicted octanol–water partition coefficient (Wildman–Crippen LogP) is 1.03.